The summed E-state index contributed by atoms with van der Waals surface area (Å²) in [7, 11) is 0. The third-order valence-electron chi connectivity index (χ3n) is 4.33. The molecule has 26 heavy (non-hydrogen) atoms. The highest BCUT2D eigenvalue weighted by atomic mass is 35.5. The molecule has 0 saturated carbocycles. The first-order chi connectivity index (χ1) is 12.3. The molecular weight excluding hydrogens is 372 g/mol. The van der Waals surface area contributed by atoms with Gasteiger partial charge in [0.1, 0.15) is 11.4 Å². The van der Waals surface area contributed by atoms with Gasteiger partial charge in [-0.15, -0.1) is 12.4 Å². The van der Waals surface area contributed by atoms with Gasteiger partial charge in [-0.2, -0.15) is 8.73 Å². The van der Waals surface area contributed by atoms with Gasteiger partial charge in [0.15, 0.2) is 0 Å². The zero-order valence-electron chi connectivity index (χ0n) is 14.0. The third-order valence-corrected chi connectivity index (χ3v) is 4.87. The first kappa shape index (κ1) is 18.7. The number of hydrogen-bond acceptors (Lipinski definition) is 6. The summed E-state index contributed by atoms with van der Waals surface area (Å²) in [5.74, 6) is -0.0451. The second-order valence-corrected chi connectivity index (χ2v) is 6.49. The second kappa shape index (κ2) is 8.50. The molecule has 1 fully saturated rings. The molecule has 1 atom stereocenters. The van der Waals surface area contributed by atoms with E-state index in [0.717, 1.165) is 47.9 Å². The summed E-state index contributed by atoms with van der Waals surface area (Å²) < 4.78 is 8.47. The van der Waals surface area contributed by atoms with E-state index in [2.05, 4.69) is 35.3 Å². The molecule has 2 aromatic rings. The lowest BCUT2D eigenvalue weighted by Crippen LogP contribution is -2.48. The first-order valence-corrected chi connectivity index (χ1v) is 8.90. The van der Waals surface area contributed by atoms with Crippen molar-refractivity contribution in [1.29, 1.82) is 0 Å². The van der Waals surface area contributed by atoms with Gasteiger partial charge in [0.2, 0.25) is 5.91 Å². The van der Waals surface area contributed by atoms with Crippen molar-refractivity contribution in [1.82, 2.24) is 15.2 Å². The van der Waals surface area contributed by atoms with Gasteiger partial charge in [0.05, 0.1) is 23.6 Å². The van der Waals surface area contributed by atoms with E-state index in [-0.39, 0.29) is 24.4 Å². The topological polar surface area (TPSA) is 82.0 Å². The lowest BCUT2D eigenvalue weighted by atomic mass is 10.1. The molecule has 2 aliphatic rings. The fraction of sp³-hybridized carbons (Fsp3) is 0.294. The van der Waals surface area contributed by atoms with Crippen LogP contribution in [0.3, 0.4) is 0 Å². The largest absolute Gasteiger partial charge is 0.323 e. The number of hydrogen-bond donors (Lipinski definition) is 2. The zero-order chi connectivity index (χ0) is 17.1. The number of fused-ring (bicyclic) bond motifs is 1. The molecule has 1 aromatic carbocycles. The number of carbonyl (C=O) groups excluding carboxylic acids is 1. The lowest BCUT2D eigenvalue weighted by Gasteiger charge is -2.35. The van der Waals surface area contributed by atoms with Crippen LogP contribution in [0.2, 0.25) is 0 Å². The summed E-state index contributed by atoms with van der Waals surface area (Å²) in [6.45, 7) is 2.82. The average molecular weight is 391 g/mol. The van der Waals surface area contributed by atoms with Gasteiger partial charge in [-0.25, -0.2) is 0 Å². The van der Waals surface area contributed by atoms with Crippen LogP contribution in [0.25, 0.3) is 0 Å². The number of anilines is 1. The quantitative estimate of drug-likeness (QED) is 0.717. The smallest absolute Gasteiger partial charge is 0.238 e. The Labute approximate surface area is 161 Å². The van der Waals surface area contributed by atoms with Crippen LogP contribution in [-0.4, -0.2) is 42.0 Å². The molecule has 2 N–H and O–H groups in total. The van der Waals surface area contributed by atoms with Gasteiger partial charge in [0, 0.05) is 38.1 Å². The molecule has 0 bridgehead atoms. The van der Waals surface area contributed by atoms with E-state index in [1.807, 2.05) is 30.5 Å². The highest BCUT2D eigenvalue weighted by Crippen LogP contribution is 2.38. The minimum atomic E-state index is -0.0451. The molecule has 1 aromatic heterocycles. The Balaban J connectivity index is 0.00000196. The number of benzene rings is 1. The first-order valence-electron chi connectivity index (χ1n) is 8.17. The van der Waals surface area contributed by atoms with Crippen molar-refractivity contribution in [2.75, 3.05) is 31.5 Å². The monoisotopic (exact) mass is 390 g/mol. The van der Waals surface area contributed by atoms with Crippen LogP contribution >= 0.6 is 12.4 Å². The summed E-state index contributed by atoms with van der Waals surface area (Å²) in [5.41, 5.74) is 3.38. The van der Waals surface area contributed by atoms with E-state index in [0.29, 0.717) is 12.2 Å². The number of aromatic nitrogens is 1. The lowest BCUT2D eigenvalue weighted by molar-refractivity contribution is -0.118. The van der Waals surface area contributed by atoms with Crippen LogP contribution in [0.15, 0.2) is 51.5 Å². The normalized spacial score (nSPS) is 18.5. The zero-order valence-corrected chi connectivity index (χ0v) is 15.6. The standard InChI is InChI=1S/C17H18N6OS.ClH/c24-16(20-13-4-1-5-14-17(13)22-25-21-14)11-23-8-7-19-10-15(23)12-3-2-6-18-9-12;/h1-6,9,15,19H,7-8,10-11H2,(H,20,24);1H. The van der Waals surface area contributed by atoms with Crippen molar-refractivity contribution in [3.05, 3.63) is 48.3 Å². The average Bonchev–Trinajstić information content (AvgIpc) is 3.13. The third kappa shape index (κ3) is 3.99. The number of carbonyl (C=O) groups is 1. The van der Waals surface area contributed by atoms with Gasteiger partial charge < -0.3 is 10.6 Å². The fourth-order valence-corrected chi connectivity index (χ4v) is 3.67. The van der Waals surface area contributed by atoms with E-state index < -0.39 is 0 Å². The minimum absolute atomic E-state index is 0. The molecule has 9 heteroatoms. The van der Waals surface area contributed by atoms with Crippen molar-refractivity contribution >= 4 is 46.7 Å². The molecule has 1 unspecified atom stereocenters. The van der Waals surface area contributed by atoms with Crippen LogP contribution in [0, 0.1) is 0 Å². The van der Waals surface area contributed by atoms with E-state index >= 15 is 0 Å². The number of pyridine rings is 1. The van der Waals surface area contributed by atoms with Crippen LogP contribution < -0.4 is 10.6 Å². The Morgan fingerprint density at radius 2 is 2.23 bits per heavy atom. The van der Waals surface area contributed by atoms with E-state index in [1.54, 1.807) is 6.20 Å². The number of rotatable bonds is 4. The van der Waals surface area contributed by atoms with Crippen molar-refractivity contribution in [2.45, 2.75) is 6.04 Å². The maximum absolute atomic E-state index is 12.6. The van der Waals surface area contributed by atoms with Gasteiger partial charge in [-0.1, -0.05) is 12.1 Å². The number of nitrogens with one attached hydrogen (secondary N) is 2. The highest BCUT2D eigenvalue weighted by Gasteiger charge is 2.26. The Kier molecular flexibility index (Phi) is 6.10. The molecule has 3 heterocycles. The molecule has 1 saturated heterocycles. The Morgan fingerprint density at radius 1 is 1.31 bits per heavy atom. The van der Waals surface area contributed by atoms with Crippen LogP contribution in [0.5, 0.6) is 0 Å². The van der Waals surface area contributed by atoms with Crippen molar-refractivity contribution in [3.8, 4) is 0 Å². The minimum Gasteiger partial charge on any atom is -0.323 e. The summed E-state index contributed by atoms with van der Waals surface area (Å²) >= 11 is 1.15. The van der Waals surface area contributed by atoms with Crippen LogP contribution in [0.4, 0.5) is 17.1 Å². The predicted molar refractivity (Wildman–Crippen MR) is 105 cm³/mol. The summed E-state index contributed by atoms with van der Waals surface area (Å²) in [5, 5.41) is 6.37. The number of piperazine rings is 1. The Bertz CT molecular complexity index is 856. The van der Waals surface area contributed by atoms with Gasteiger partial charge >= 0.3 is 0 Å². The summed E-state index contributed by atoms with van der Waals surface area (Å²) in [4.78, 5) is 19.0. The Hall–Kier alpha value is -2.13. The van der Waals surface area contributed by atoms with E-state index in [9.17, 15) is 4.79 Å². The molecule has 136 valence electrons. The van der Waals surface area contributed by atoms with Crippen LogP contribution in [0.1, 0.15) is 11.6 Å². The van der Waals surface area contributed by atoms with E-state index in [4.69, 9.17) is 0 Å². The summed E-state index contributed by atoms with van der Waals surface area (Å²) in [6, 6.07) is 9.75. The van der Waals surface area contributed by atoms with E-state index in [1.165, 1.54) is 0 Å². The SMILES string of the molecule is Cl.O=C(CN1CCNCC1c1cccnc1)Nc1cccc2c1N=S=N2. The van der Waals surface area contributed by atoms with Gasteiger partial charge in [-0.3, -0.25) is 14.7 Å². The van der Waals surface area contributed by atoms with Gasteiger partial charge in [0.25, 0.3) is 0 Å². The molecule has 2 aliphatic heterocycles. The highest BCUT2D eigenvalue weighted by molar-refractivity contribution is 7.58. The van der Waals surface area contributed by atoms with Gasteiger partial charge in [-0.05, 0) is 23.8 Å². The number of nitrogens with zero attached hydrogens (tertiary/aromatic N) is 4. The number of amides is 1. The fourth-order valence-electron chi connectivity index (χ4n) is 3.12. The molecule has 1 amide bonds. The molecule has 0 radical (unpaired) electrons. The molecule has 0 spiro atoms. The second-order valence-electron chi connectivity index (χ2n) is 5.96. The molecular formula is C17H19ClN6OS. The maximum Gasteiger partial charge on any atom is 0.238 e. The van der Waals surface area contributed by atoms with Crippen LogP contribution in [-0.2, 0) is 16.1 Å². The molecule has 4 rings (SSSR count). The summed E-state index contributed by atoms with van der Waals surface area (Å²) in [6.07, 6.45) is 3.63. The van der Waals surface area contributed by atoms with Crippen molar-refractivity contribution in [3.63, 3.8) is 0 Å². The molecule has 7 nitrogen and oxygen atoms in total. The predicted octanol–water partition coefficient (Wildman–Crippen LogP) is 2.81. The number of halogens is 1. The molecule has 0 aliphatic carbocycles. The Morgan fingerprint density at radius 3 is 3.08 bits per heavy atom. The van der Waals surface area contributed by atoms with Crippen molar-refractivity contribution < 1.29 is 4.79 Å². The maximum atomic E-state index is 12.6. The van der Waals surface area contributed by atoms with Crippen molar-refractivity contribution in [2.24, 2.45) is 8.73 Å².